The Morgan fingerprint density at radius 1 is 1.11 bits per heavy atom. The van der Waals surface area contributed by atoms with Gasteiger partial charge in [0.05, 0.1) is 6.61 Å². The number of aromatic nitrogens is 1. The van der Waals surface area contributed by atoms with Crippen LogP contribution in [-0.2, 0) is 16.1 Å². The second kappa shape index (κ2) is 7.69. The molecule has 2 heterocycles. The van der Waals surface area contributed by atoms with E-state index < -0.39 is 0 Å². The highest BCUT2D eigenvalue weighted by molar-refractivity contribution is 6.30. The number of hydrogen-bond acceptors (Lipinski definition) is 6. The average Bonchev–Trinajstić information content (AvgIpc) is 3.32. The fraction of sp³-hybridized carbons (Fsp3) is 0.158. The lowest BCUT2D eigenvalue weighted by Crippen LogP contribution is -2.18. The van der Waals surface area contributed by atoms with Crippen LogP contribution in [0.5, 0.6) is 11.5 Å². The average molecular weight is 387 g/mol. The molecule has 1 aromatic heterocycles. The van der Waals surface area contributed by atoms with Crippen molar-refractivity contribution in [1.82, 2.24) is 5.16 Å². The quantitative estimate of drug-likeness (QED) is 0.692. The first-order valence-corrected chi connectivity index (χ1v) is 8.54. The number of ether oxygens (including phenoxy) is 3. The van der Waals surface area contributed by atoms with Gasteiger partial charge in [0.15, 0.2) is 17.3 Å². The number of carbonyl (C=O) groups is 1. The van der Waals surface area contributed by atoms with E-state index in [4.69, 9.17) is 30.3 Å². The summed E-state index contributed by atoms with van der Waals surface area (Å²) in [7, 11) is 0. The molecule has 27 heavy (non-hydrogen) atoms. The molecule has 0 spiro atoms. The molecule has 0 saturated carbocycles. The first-order chi connectivity index (χ1) is 13.2. The zero-order valence-corrected chi connectivity index (χ0v) is 14.9. The van der Waals surface area contributed by atoms with Gasteiger partial charge in [-0.25, -0.2) is 0 Å². The number of nitrogens with one attached hydrogen (secondary N) is 1. The van der Waals surface area contributed by atoms with E-state index in [1.807, 2.05) is 18.2 Å². The van der Waals surface area contributed by atoms with Crippen LogP contribution >= 0.6 is 11.6 Å². The highest BCUT2D eigenvalue weighted by atomic mass is 35.5. The summed E-state index contributed by atoms with van der Waals surface area (Å²) in [4.78, 5) is 11.9. The van der Waals surface area contributed by atoms with Gasteiger partial charge >= 0.3 is 0 Å². The number of amides is 1. The lowest BCUT2D eigenvalue weighted by atomic mass is 10.1. The summed E-state index contributed by atoms with van der Waals surface area (Å²) in [6.45, 7) is 0.267. The smallest absolute Gasteiger partial charge is 0.250 e. The lowest BCUT2D eigenvalue weighted by Gasteiger charge is -2.05. The Bertz CT molecular complexity index is 955. The maximum Gasteiger partial charge on any atom is 0.250 e. The van der Waals surface area contributed by atoms with Gasteiger partial charge in [0, 0.05) is 22.3 Å². The SMILES string of the molecule is O=C(COCc1cc(-c2ccc3c(c2)OCO3)on1)Nc1ccc(Cl)cc1. The summed E-state index contributed by atoms with van der Waals surface area (Å²) in [6.07, 6.45) is 0. The van der Waals surface area contributed by atoms with E-state index >= 15 is 0 Å². The van der Waals surface area contributed by atoms with E-state index in [-0.39, 0.29) is 25.9 Å². The molecular weight excluding hydrogens is 372 g/mol. The predicted octanol–water partition coefficient (Wildman–Crippen LogP) is 3.88. The standard InChI is InChI=1S/C19H15ClN2O5/c20-13-2-4-14(5-3-13)21-19(23)10-24-9-15-8-17(27-22-15)12-1-6-16-18(7-12)26-11-25-16/h1-8H,9-11H2,(H,21,23). The summed E-state index contributed by atoms with van der Waals surface area (Å²) < 4.78 is 21.4. The lowest BCUT2D eigenvalue weighted by molar-refractivity contribution is -0.121. The third kappa shape index (κ3) is 4.21. The van der Waals surface area contributed by atoms with Gasteiger partial charge in [0.2, 0.25) is 12.7 Å². The number of carbonyl (C=O) groups excluding carboxylic acids is 1. The van der Waals surface area contributed by atoms with Gasteiger partial charge in [0.25, 0.3) is 0 Å². The molecule has 0 saturated heterocycles. The minimum Gasteiger partial charge on any atom is -0.454 e. The summed E-state index contributed by atoms with van der Waals surface area (Å²) in [6, 6.07) is 14.1. The summed E-state index contributed by atoms with van der Waals surface area (Å²) in [5.41, 5.74) is 2.06. The molecule has 0 radical (unpaired) electrons. The van der Waals surface area contributed by atoms with Crippen LogP contribution in [0.1, 0.15) is 5.69 Å². The van der Waals surface area contributed by atoms with Gasteiger partial charge in [-0.2, -0.15) is 0 Å². The fourth-order valence-corrected chi connectivity index (χ4v) is 2.67. The van der Waals surface area contributed by atoms with Gasteiger partial charge in [-0.1, -0.05) is 16.8 Å². The first kappa shape index (κ1) is 17.4. The van der Waals surface area contributed by atoms with Crippen molar-refractivity contribution in [1.29, 1.82) is 0 Å². The molecule has 3 aromatic rings. The summed E-state index contributed by atoms with van der Waals surface area (Å²) in [5.74, 6) is 1.68. The van der Waals surface area contributed by atoms with Crippen molar-refractivity contribution in [2.45, 2.75) is 6.61 Å². The van der Waals surface area contributed by atoms with Crippen LogP contribution in [0.3, 0.4) is 0 Å². The Morgan fingerprint density at radius 2 is 1.93 bits per heavy atom. The molecule has 0 fully saturated rings. The molecule has 138 valence electrons. The van der Waals surface area contributed by atoms with Crippen LogP contribution in [0, 0.1) is 0 Å². The summed E-state index contributed by atoms with van der Waals surface area (Å²) in [5, 5.41) is 7.28. The molecule has 1 amide bonds. The van der Waals surface area contributed by atoms with Crippen LogP contribution in [-0.4, -0.2) is 24.5 Å². The van der Waals surface area contributed by atoms with Crippen LogP contribution in [0.2, 0.25) is 5.02 Å². The second-order valence-corrected chi connectivity index (χ2v) is 6.23. The zero-order valence-electron chi connectivity index (χ0n) is 14.1. The Morgan fingerprint density at radius 3 is 2.78 bits per heavy atom. The molecule has 0 aliphatic carbocycles. The van der Waals surface area contributed by atoms with Gasteiger partial charge in [-0.15, -0.1) is 0 Å². The van der Waals surface area contributed by atoms with Crippen molar-refractivity contribution in [3.05, 3.63) is 59.2 Å². The Hall–Kier alpha value is -3.03. The molecule has 7 nitrogen and oxygen atoms in total. The van der Waals surface area contributed by atoms with Crippen molar-refractivity contribution in [3.63, 3.8) is 0 Å². The van der Waals surface area contributed by atoms with Gasteiger partial charge < -0.3 is 24.1 Å². The third-order valence-electron chi connectivity index (χ3n) is 3.83. The van der Waals surface area contributed by atoms with Crippen molar-refractivity contribution in [2.24, 2.45) is 0 Å². The van der Waals surface area contributed by atoms with E-state index in [1.54, 1.807) is 30.3 Å². The maximum absolute atomic E-state index is 11.9. The Balaban J connectivity index is 1.29. The molecule has 1 aliphatic rings. The summed E-state index contributed by atoms with van der Waals surface area (Å²) >= 11 is 5.81. The minimum atomic E-state index is -0.267. The maximum atomic E-state index is 11.9. The molecule has 2 aromatic carbocycles. The molecule has 4 rings (SSSR count). The molecule has 1 N–H and O–H groups in total. The third-order valence-corrected chi connectivity index (χ3v) is 4.08. The molecule has 0 atom stereocenters. The zero-order chi connectivity index (χ0) is 18.6. The highest BCUT2D eigenvalue weighted by Gasteiger charge is 2.16. The second-order valence-electron chi connectivity index (χ2n) is 5.80. The van der Waals surface area contributed by atoms with Crippen LogP contribution in [0.25, 0.3) is 11.3 Å². The predicted molar refractivity (Wildman–Crippen MR) is 97.8 cm³/mol. The molecular formula is C19H15ClN2O5. The van der Waals surface area contributed by atoms with E-state index in [9.17, 15) is 4.79 Å². The number of nitrogens with zero attached hydrogens (tertiary/aromatic N) is 1. The largest absolute Gasteiger partial charge is 0.454 e. The van der Waals surface area contributed by atoms with Crippen molar-refractivity contribution in [3.8, 4) is 22.8 Å². The number of fused-ring (bicyclic) bond motifs is 1. The molecule has 0 bridgehead atoms. The minimum absolute atomic E-state index is 0.102. The normalized spacial score (nSPS) is 12.2. The number of halogens is 1. The van der Waals surface area contributed by atoms with E-state index in [1.165, 1.54) is 0 Å². The topological polar surface area (TPSA) is 82.8 Å². The monoisotopic (exact) mass is 386 g/mol. The number of hydrogen-bond donors (Lipinski definition) is 1. The van der Waals surface area contributed by atoms with Gasteiger partial charge in [0.1, 0.15) is 12.3 Å². The Kier molecular flexibility index (Phi) is 4.95. The van der Waals surface area contributed by atoms with Crippen molar-refractivity contribution in [2.75, 3.05) is 18.7 Å². The van der Waals surface area contributed by atoms with Gasteiger partial charge in [-0.3, -0.25) is 4.79 Å². The van der Waals surface area contributed by atoms with Crippen molar-refractivity contribution >= 4 is 23.2 Å². The molecule has 8 heteroatoms. The van der Waals surface area contributed by atoms with E-state index in [0.717, 1.165) is 5.56 Å². The fourth-order valence-electron chi connectivity index (χ4n) is 2.54. The van der Waals surface area contributed by atoms with Gasteiger partial charge in [-0.05, 0) is 42.5 Å². The van der Waals surface area contributed by atoms with Crippen molar-refractivity contribution < 1.29 is 23.5 Å². The molecule has 1 aliphatic heterocycles. The Labute approximate surface area is 159 Å². The number of rotatable bonds is 6. The first-order valence-electron chi connectivity index (χ1n) is 8.16. The van der Waals surface area contributed by atoms with E-state index in [0.29, 0.717) is 33.7 Å². The van der Waals surface area contributed by atoms with E-state index in [2.05, 4.69) is 10.5 Å². The van der Waals surface area contributed by atoms with Crippen LogP contribution in [0.15, 0.2) is 53.1 Å². The van der Waals surface area contributed by atoms with Crippen LogP contribution < -0.4 is 14.8 Å². The number of benzene rings is 2. The number of anilines is 1. The highest BCUT2D eigenvalue weighted by Crippen LogP contribution is 2.36. The van der Waals surface area contributed by atoms with Crippen LogP contribution in [0.4, 0.5) is 5.69 Å². The molecule has 0 unspecified atom stereocenters.